The lowest BCUT2D eigenvalue weighted by molar-refractivity contribution is -0.141. The van der Waals surface area contributed by atoms with Crippen LogP contribution in [0.1, 0.15) is 27.6 Å². The van der Waals surface area contributed by atoms with Crippen LogP contribution in [0.5, 0.6) is 0 Å². The largest absolute Gasteiger partial charge is 0.463 e. The van der Waals surface area contributed by atoms with Crippen LogP contribution in [-0.2, 0) is 16.7 Å². The highest BCUT2D eigenvalue weighted by Gasteiger charge is 2.37. The number of anilines is 1. The fourth-order valence-corrected chi connectivity index (χ4v) is 2.38. The third kappa shape index (κ3) is 3.77. The molecular formula is C13H9F3N4O3S. The molecule has 7 nitrogen and oxygen atoms in total. The molecule has 0 saturated carbocycles. The maximum Gasteiger partial charge on any atom is 0.434 e. The standard InChI is InChI=1S/C13H9F3N4O3S/c1-22-11(21)8-3-2-6(23-8)5-24-12-19-9(13(14,15)16)7(4-17)10(18)20-12/h2-3H,5H2,1H3,(H2,18,19,20). The Balaban J connectivity index is 2.22. The molecule has 0 fully saturated rings. The molecule has 2 heterocycles. The Kier molecular flexibility index (Phi) is 4.99. The first-order valence-electron chi connectivity index (χ1n) is 6.21. The summed E-state index contributed by atoms with van der Waals surface area (Å²) in [6.07, 6.45) is -4.83. The molecule has 0 saturated heterocycles. The van der Waals surface area contributed by atoms with Crippen LogP contribution >= 0.6 is 11.8 Å². The first kappa shape index (κ1) is 17.6. The van der Waals surface area contributed by atoms with Crippen molar-refractivity contribution in [1.29, 1.82) is 5.26 Å². The minimum Gasteiger partial charge on any atom is -0.463 e. The second-order valence-corrected chi connectivity index (χ2v) is 5.21. The molecule has 11 heteroatoms. The summed E-state index contributed by atoms with van der Waals surface area (Å²) in [5.41, 5.74) is 3.17. The van der Waals surface area contributed by atoms with Crippen molar-refractivity contribution in [3.63, 3.8) is 0 Å². The maximum absolute atomic E-state index is 12.9. The van der Waals surface area contributed by atoms with E-state index in [4.69, 9.17) is 15.4 Å². The van der Waals surface area contributed by atoms with E-state index in [-0.39, 0.29) is 16.7 Å². The quantitative estimate of drug-likeness (QED) is 0.504. The maximum atomic E-state index is 12.9. The number of carbonyl (C=O) groups is 1. The normalized spacial score (nSPS) is 11.1. The molecule has 0 aliphatic rings. The fourth-order valence-electron chi connectivity index (χ4n) is 1.64. The molecule has 0 amide bonds. The summed E-state index contributed by atoms with van der Waals surface area (Å²) in [6, 6.07) is 4.19. The van der Waals surface area contributed by atoms with Crippen LogP contribution in [0.25, 0.3) is 0 Å². The van der Waals surface area contributed by atoms with Crippen molar-refractivity contribution in [3.8, 4) is 6.07 Å². The number of halogens is 3. The van der Waals surface area contributed by atoms with Gasteiger partial charge in [-0.15, -0.1) is 0 Å². The van der Waals surface area contributed by atoms with Crippen LogP contribution in [0, 0.1) is 11.3 Å². The molecule has 2 aromatic rings. The number of alkyl halides is 3. The molecule has 2 N–H and O–H groups in total. The van der Waals surface area contributed by atoms with E-state index in [1.807, 2.05) is 0 Å². The Morgan fingerprint density at radius 1 is 1.46 bits per heavy atom. The van der Waals surface area contributed by atoms with Gasteiger partial charge in [0.25, 0.3) is 0 Å². The van der Waals surface area contributed by atoms with Crippen LogP contribution in [0.15, 0.2) is 21.7 Å². The third-order valence-electron chi connectivity index (χ3n) is 2.69. The Morgan fingerprint density at radius 2 is 2.17 bits per heavy atom. The molecule has 0 aliphatic carbocycles. The van der Waals surface area contributed by atoms with E-state index < -0.39 is 29.2 Å². The number of hydrogen-bond donors (Lipinski definition) is 1. The van der Waals surface area contributed by atoms with Gasteiger partial charge >= 0.3 is 12.1 Å². The number of carbonyl (C=O) groups excluding carboxylic acids is 1. The van der Waals surface area contributed by atoms with E-state index in [2.05, 4.69) is 14.7 Å². The van der Waals surface area contributed by atoms with Gasteiger partial charge in [0.05, 0.1) is 12.9 Å². The van der Waals surface area contributed by atoms with Crippen molar-refractivity contribution < 1.29 is 27.1 Å². The molecule has 0 atom stereocenters. The van der Waals surface area contributed by atoms with Gasteiger partial charge in [-0.1, -0.05) is 11.8 Å². The van der Waals surface area contributed by atoms with Gasteiger partial charge in [0.2, 0.25) is 5.76 Å². The summed E-state index contributed by atoms with van der Waals surface area (Å²) in [5.74, 6) is -0.911. The molecule has 0 spiro atoms. The van der Waals surface area contributed by atoms with Crippen molar-refractivity contribution in [2.75, 3.05) is 12.8 Å². The molecule has 0 bridgehead atoms. The zero-order chi connectivity index (χ0) is 17.9. The van der Waals surface area contributed by atoms with Crippen molar-refractivity contribution in [2.24, 2.45) is 0 Å². The van der Waals surface area contributed by atoms with Crippen LogP contribution in [0.4, 0.5) is 19.0 Å². The fraction of sp³-hybridized carbons (Fsp3) is 0.231. The summed E-state index contributed by atoms with van der Waals surface area (Å²) in [4.78, 5) is 18.3. The number of aromatic nitrogens is 2. The lowest BCUT2D eigenvalue weighted by Crippen LogP contribution is -2.14. The predicted molar refractivity (Wildman–Crippen MR) is 75.8 cm³/mol. The van der Waals surface area contributed by atoms with Gasteiger partial charge in [-0.05, 0) is 12.1 Å². The van der Waals surface area contributed by atoms with Crippen molar-refractivity contribution in [1.82, 2.24) is 9.97 Å². The van der Waals surface area contributed by atoms with E-state index >= 15 is 0 Å². The van der Waals surface area contributed by atoms with Crippen LogP contribution in [0.3, 0.4) is 0 Å². The lowest BCUT2D eigenvalue weighted by atomic mass is 10.2. The highest BCUT2D eigenvalue weighted by atomic mass is 32.2. The number of thioether (sulfide) groups is 1. The summed E-state index contributed by atoms with van der Waals surface area (Å²) < 4.78 is 48.4. The number of nitriles is 1. The van der Waals surface area contributed by atoms with Gasteiger partial charge < -0.3 is 14.9 Å². The topological polar surface area (TPSA) is 115 Å². The number of nitrogens with two attached hydrogens (primary N) is 1. The highest BCUT2D eigenvalue weighted by Crippen LogP contribution is 2.34. The number of methoxy groups -OCH3 is 1. The van der Waals surface area contributed by atoms with Gasteiger partial charge in [-0.2, -0.15) is 18.4 Å². The number of nitrogen functional groups attached to an aromatic ring is 1. The van der Waals surface area contributed by atoms with E-state index in [1.165, 1.54) is 25.3 Å². The Morgan fingerprint density at radius 3 is 2.75 bits per heavy atom. The average molecular weight is 358 g/mol. The SMILES string of the molecule is COC(=O)c1ccc(CSc2nc(N)c(C#N)c(C(F)(F)F)n2)o1. The van der Waals surface area contributed by atoms with Gasteiger partial charge in [-0.3, -0.25) is 0 Å². The Bertz CT molecular complexity index is 814. The number of esters is 1. The van der Waals surface area contributed by atoms with E-state index in [9.17, 15) is 18.0 Å². The van der Waals surface area contributed by atoms with E-state index in [1.54, 1.807) is 0 Å². The Hall–Kier alpha value is -2.74. The lowest BCUT2D eigenvalue weighted by Gasteiger charge is -2.10. The van der Waals surface area contributed by atoms with Gasteiger partial charge in [-0.25, -0.2) is 14.8 Å². The van der Waals surface area contributed by atoms with Crippen LogP contribution in [-0.4, -0.2) is 23.0 Å². The molecule has 24 heavy (non-hydrogen) atoms. The van der Waals surface area contributed by atoms with E-state index in [0.29, 0.717) is 5.76 Å². The monoisotopic (exact) mass is 358 g/mol. The van der Waals surface area contributed by atoms with Crippen molar-refractivity contribution in [2.45, 2.75) is 17.1 Å². The number of nitrogens with zero attached hydrogens (tertiary/aromatic N) is 3. The summed E-state index contributed by atoms with van der Waals surface area (Å²) in [6.45, 7) is 0. The summed E-state index contributed by atoms with van der Waals surface area (Å²) >= 11 is 0.812. The molecule has 0 aliphatic heterocycles. The number of rotatable bonds is 4. The first-order chi connectivity index (χ1) is 11.3. The van der Waals surface area contributed by atoms with Gasteiger partial charge in [0.15, 0.2) is 10.9 Å². The number of hydrogen-bond acceptors (Lipinski definition) is 8. The minimum absolute atomic E-state index is 0.0376. The summed E-state index contributed by atoms with van der Waals surface area (Å²) in [7, 11) is 1.19. The molecule has 0 unspecified atom stereocenters. The predicted octanol–water partition coefficient (Wildman–Crippen LogP) is 2.62. The van der Waals surface area contributed by atoms with Crippen molar-refractivity contribution in [3.05, 3.63) is 34.9 Å². The highest BCUT2D eigenvalue weighted by molar-refractivity contribution is 7.98. The van der Waals surface area contributed by atoms with Gasteiger partial charge in [0, 0.05) is 0 Å². The smallest absolute Gasteiger partial charge is 0.434 e. The van der Waals surface area contributed by atoms with Gasteiger partial charge in [0.1, 0.15) is 23.2 Å². The van der Waals surface area contributed by atoms with Crippen molar-refractivity contribution >= 4 is 23.5 Å². The molecule has 0 radical (unpaired) electrons. The second-order valence-electron chi connectivity index (χ2n) is 4.27. The molecular weight excluding hydrogens is 349 g/mol. The third-order valence-corrected chi connectivity index (χ3v) is 3.56. The first-order valence-corrected chi connectivity index (χ1v) is 7.19. The summed E-state index contributed by atoms with van der Waals surface area (Å²) in [5, 5.41) is 8.50. The second kappa shape index (κ2) is 6.79. The molecule has 0 aromatic carbocycles. The molecule has 2 aromatic heterocycles. The Labute approximate surface area is 137 Å². The van der Waals surface area contributed by atoms with Crippen LogP contribution < -0.4 is 5.73 Å². The van der Waals surface area contributed by atoms with Crippen LogP contribution in [0.2, 0.25) is 0 Å². The number of ether oxygens (including phenoxy) is 1. The molecule has 2 rings (SSSR count). The van der Waals surface area contributed by atoms with E-state index in [0.717, 1.165) is 11.8 Å². The minimum atomic E-state index is -4.83. The zero-order valence-electron chi connectivity index (χ0n) is 12.0. The number of furan rings is 1. The average Bonchev–Trinajstić information content (AvgIpc) is 2.99. The molecule has 126 valence electrons. The zero-order valence-corrected chi connectivity index (χ0v) is 12.9.